The van der Waals surface area contributed by atoms with Crippen LogP contribution in [0.3, 0.4) is 0 Å². The Morgan fingerprint density at radius 1 is 1.28 bits per heavy atom. The SMILES string of the molecule is N#C/C(=N\SN1CCOCC1)Sc1ccccc1. The normalized spacial score (nSPS) is 17.4. The highest BCUT2D eigenvalue weighted by Crippen LogP contribution is 2.22. The van der Waals surface area contributed by atoms with Gasteiger partial charge in [0.1, 0.15) is 6.07 Å². The summed E-state index contributed by atoms with van der Waals surface area (Å²) in [5.74, 6) is 0. The van der Waals surface area contributed by atoms with E-state index in [4.69, 9.17) is 10.00 Å². The summed E-state index contributed by atoms with van der Waals surface area (Å²) in [5, 5.41) is 9.53. The monoisotopic (exact) mass is 279 g/mol. The number of nitriles is 1. The van der Waals surface area contributed by atoms with Gasteiger partial charge in [0.15, 0.2) is 5.04 Å². The van der Waals surface area contributed by atoms with E-state index in [1.165, 1.54) is 23.9 Å². The van der Waals surface area contributed by atoms with E-state index in [0.29, 0.717) is 5.04 Å². The van der Waals surface area contributed by atoms with Crippen LogP contribution >= 0.6 is 23.9 Å². The van der Waals surface area contributed by atoms with E-state index in [-0.39, 0.29) is 0 Å². The second kappa shape index (κ2) is 7.44. The van der Waals surface area contributed by atoms with Crippen LogP contribution in [0.4, 0.5) is 0 Å². The molecule has 0 bridgehead atoms. The highest BCUT2D eigenvalue weighted by atomic mass is 32.2. The Bertz CT molecular complexity index is 438. The fourth-order valence-electron chi connectivity index (χ4n) is 1.39. The first-order valence-corrected chi connectivity index (χ1v) is 7.14. The number of ether oxygens (including phenoxy) is 1. The van der Waals surface area contributed by atoms with Gasteiger partial charge in [0.2, 0.25) is 0 Å². The predicted octanol–water partition coefficient (Wildman–Crippen LogP) is 2.60. The van der Waals surface area contributed by atoms with Gasteiger partial charge in [-0.1, -0.05) is 30.0 Å². The van der Waals surface area contributed by atoms with Crippen LogP contribution in [0.2, 0.25) is 0 Å². The summed E-state index contributed by atoms with van der Waals surface area (Å²) >= 11 is 2.73. The molecule has 1 aromatic rings. The van der Waals surface area contributed by atoms with Crippen molar-refractivity contribution in [3.8, 4) is 6.07 Å². The molecule has 6 heteroatoms. The Labute approximate surface area is 115 Å². The lowest BCUT2D eigenvalue weighted by atomic mass is 10.4. The van der Waals surface area contributed by atoms with Gasteiger partial charge in [-0.25, -0.2) is 4.31 Å². The van der Waals surface area contributed by atoms with Gasteiger partial charge in [0.25, 0.3) is 0 Å². The molecule has 1 aromatic carbocycles. The third-order valence-corrected chi connectivity index (χ3v) is 4.12. The van der Waals surface area contributed by atoms with Crippen LogP contribution in [0.15, 0.2) is 39.6 Å². The molecule has 94 valence electrons. The average Bonchev–Trinajstić information content (AvgIpc) is 2.45. The molecule has 0 aromatic heterocycles. The lowest BCUT2D eigenvalue weighted by Gasteiger charge is -2.22. The minimum atomic E-state index is 0.470. The second-order valence-corrected chi connectivity index (χ2v) is 5.47. The van der Waals surface area contributed by atoms with Crippen molar-refractivity contribution in [1.82, 2.24) is 4.31 Å². The minimum absolute atomic E-state index is 0.470. The van der Waals surface area contributed by atoms with Gasteiger partial charge in [0.05, 0.1) is 25.3 Å². The first-order chi connectivity index (χ1) is 8.88. The third kappa shape index (κ3) is 4.35. The molecule has 1 heterocycles. The van der Waals surface area contributed by atoms with E-state index in [1.54, 1.807) is 0 Å². The summed E-state index contributed by atoms with van der Waals surface area (Å²) < 4.78 is 11.6. The van der Waals surface area contributed by atoms with Crippen LogP contribution in [-0.2, 0) is 4.74 Å². The van der Waals surface area contributed by atoms with E-state index in [0.717, 1.165) is 31.2 Å². The molecule has 0 saturated carbocycles. The fraction of sp³-hybridized carbons (Fsp3) is 0.333. The maximum absolute atomic E-state index is 9.06. The maximum atomic E-state index is 9.06. The van der Waals surface area contributed by atoms with Crippen molar-refractivity contribution in [2.75, 3.05) is 26.3 Å². The zero-order valence-electron chi connectivity index (χ0n) is 9.78. The summed E-state index contributed by atoms with van der Waals surface area (Å²) in [4.78, 5) is 1.03. The van der Waals surface area contributed by atoms with Crippen molar-refractivity contribution in [1.29, 1.82) is 5.26 Å². The van der Waals surface area contributed by atoms with Crippen molar-refractivity contribution in [2.45, 2.75) is 4.90 Å². The van der Waals surface area contributed by atoms with E-state index in [2.05, 4.69) is 14.8 Å². The van der Waals surface area contributed by atoms with Crippen LogP contribution in [0.1, 0.15) is 0 Å². The summed E-state index contributed by atoms with van der Waals surface area (Å²) in [6.45, 7) is 3.16. The van der Waals surface area contributed by atoms with E-state index in [9.17, 15) is 0 Å². The van der Waals surface area contributed by atoms with Gasteiger partial charge in [0, 0.05) is 18.0 Å². The van der Waals surface area contributed by atoms with Crippen LogP contribution in [-0.4, -0.2) is 35.7 Å². The summed E-state index contributed by atoms with van der Waals surface area (Å²) in [5.41, 5.74) is 0. The summed E-state index contributed by atoms with van der Waals surface area (Å²) in [7, 11) is 0. The van der Waals surface area contributed by atoms with Crippen molar-refractivity contribution in [3.05, 3.63) is 30.3 Å². The number of rotatable bonds is 3. The Morgan fingerprint density at radius 2 is 2.00 bits per heavy atom. The van der Waals surface area contributed by atoms with E-state index in [1.807, 2.05) is 30.3 Å². The molecule has 0 radical (unpaired) electrons. The van der Waals surface area contributed by atoms with Gasteiger partial charge in [-0.3, -0.25) is 0 Å². The topological polar surface area (TPSA) is 48.6 Å². The number of hydrogen-bond acceptors (Lipinski definition) is 6. The molecule has 0 N–H and O–H groups in total. The number of hydrogen-bond donors (Lipinski definition) is 0. The third-order valence-electron chi connectivity index (χ3n) is 2.26. The van der Waals surface area contributed by atoms with Gasteiger partial charge in [-0.2, -0.15) is 9.66 Å². The molecule has 0 amide bonds. The van der Waals surface area contributed by atoms with Crippen LogP contribution in [0.5, 0.6) is 0 Å². The van der Waals surface area contributed by atoms with E-state index < -0.39 is 0 Å². The van der Waals surface area contributed by atoms with Crippen LogP contribution in [0, 0.1) is 11.3 Å². The van der Waals surface area contributed by atoms with Crippen LogP contribution < -0.4 is 0 Å². The molecule has 0 unspecified atom stereocenters. The highest BCUT2D eigenvalue weighted by Gasteiger charge is 2.11. The Balaban J connectivity index is 1.90. The lowest BCUT2D eigenvalue weighted by Crippen LogP contribution is -2.30. The van der Waals surface area contributed by atoms with E-state index >= 15 is 0 Å². The van der Waals surface area contributed by atoms with Crippen molar-refractivity contribution in [2.24, 2.45) is 4.40 Å². The quantitative estimate of drug-likeness (QED) is 0.368. The largest absolute Gasteiger partial charge is 0.379 e. The first-order valence-electron chi connectivity index (χ1n) is 5.59. The first kappa shape index (κ1) is 13.4. The Morgan fingerprint density at radius 3 is 2.67 bits per heavy atom. The molecule has 0 aliphatic carbocycles. The maximum Gasteiger partial charge on any atom is 0.188 e. The van der Waals surface area contributed by atoms with Gasteiger partial charge < -0.3 is 4.74 Å². The average molecular weight is 279 g/mol. The standard InChI is InChI=1S/C12H13N3OS2/c13-10-12(17-11-4-2-1-3-5-11)14-18-15-6-8-16-9-7-15/h1-5H,6-9H2/b14-12+. The molecule has 4 nitrogen and oxygen atoms in total. The van der Waals surface area contributed by atoms with Gasteiger partial charge in [-0.05, 0) is 12.1 Å². The van der Waals surface area contributed by atoms with Crippen molar-refractivity contribution in [3.63, 3.8) is 0 Å². The zero-order chi connectivity index (χ0) is 12.6. The molecular weight excluding hydrogens is 266 g/mol. The number of thioether (sulfide) groups is 1. The smallest absolute Gasteiger partial charge is 0.188 e. The van der Waals surface area contributed by atoms with Gasteiger partial charge in [-0.15, -0.1) is 0 Å². The zero-order valence-corrected chi connectivity index (χ0v) is 11.4. The van der Waals surface area contributed by atoms with Crippen LogP contribution in [0.25, 0.3) is 0 Å². The molecule has 1 fully saturated rings. The molecule has 1 aliphatic rings. The summed E-state index contributed by atoms with van der Waals surface area (Å²) in [6.07, 6.45) is 0. The number of benzene rings is 1. The molecule has 18 heavy (non-hydrogen) atoms. The van der Waals surface area contributed by atoms with Crippen molar-refractivity contribution >= 4 is 28.9 Å². The predicted molar refractivity (Wildman–Crippen MR) is 75.3 cm³/mol. The van der Waals surface area contributed by atoms with Gasteiger partial charge >= 0.3 is 0 Å². The number of nitrogens with zero attached hydrogens (tertiary/aromatic N) is 3. The molecule has 1 saturated heterocycles. The number of morpholine rings is 1. The minimum Gasteiger partial charge on any atom is -0.379 e. The summed E-state index contributed by atoms with van der Waals surface area (Å²) in [6, 6.07) is 11.9. The molecule has 0 atom stereocenters. The van der Waals surface area contributed by atoms with Crippen molar-refractivity contribution < 1.29 is 4.74 Å². The lowest BCUT2D eigenvalue weighted by molar-refractivity contribution is 0.0773. The molecule has 2 rings (SSSR count). The molecule has 1 aliphatic heterocycles. The Kier molecular flexibility index (Phi) is 5.55. The second-order valence-electron chi connectivity index (χ2n) is 3.55. The molecule has 0 spiro atoms. The Hall–Kier alpha value is -1.00. The molecular formula is C12H13N3OS2. The fourth-order valence-corrected chi connectivity index (χ4v) is 2.74. The highest BCUT2D eigenvalue weighted by molar-refractivity contribution is 8.15.